The molecule has 1 aliphatic rings. The molecule has 0 aromatic carbocycles. The lowest BCUT2D eigenvalue weighted by molar-refractivity contribution is -0.154. The van der Waals surface area contributed by atoms with Gasteiger partial charge in [0, 0.05) is 5.54 Å². The third-order valence-corrected chi connectivity index (χ3v) is 2.79. The number of ether oxygens (including phenoxy) is 1. The van der Waals surface area contributed by atoms with Crippen molar-refractivity contribution in [2.24, 2.45) is 0 Å². The van der Waals surface area contributed by atoms with E-state index in [0.717, 1.165) is 12.8 Å². The molecule has 0 atom stereocenters. The summed E-state index contributed by atoms with van der Waals surface area (Å²) < 4.78 is 5.24. The first kappa shape index (κ1) is 12.5. The van der Waals surface area contributed by atoms with E-state index in [1.54, 1.807) is 0 Å². The predicted molar refractivity (Wildman–Crippen MR) is 60.7 cm³/mol. The average Bonchev–Trinajstić information content (AvgIpc) is 2.47. The zero-order valence-electron chi connectivity index (χ0n) is 10.4. The first-order valence-corrected chi connectivity index (χ1v) is 5.78. The third-order valence-electron chi connectivity index (χ3n) is 2.79. The second kappa shape index (κ2) is 4.52. The fourth-order valence-electron chi connectivity index (χ4n) is 2.00. The minimum absolute atomic E-state index is 0.150. The summed E-state index contributed by atoms with van der Waals surface area (Å²) in [6.45, 7) is 8.19. The summed E-state index contributed by atoms with van der Waals surface area (Å²) in [6, 6.07) is 0. The molecule has 1 saturated carbocycles. The molecular formula is C12H23NO2. The van der Waals surface area contributed by atoms with Crippen molar-refractivity contribution in [3.63, 3.8) is 0 Å². The molecule has 1 N–H and O–H groups in total. The Morgan fingerprint density at radius 2 is 1.87 bits per heavy atom. The maximum atomic E-state index is 11.5. The van der Waals surface area contributed by atoms with E-state index in [2.05, 4.69) is 12.2 Å². The van der Waals surface area contributed by atoms with Crippen LogP contribution >= 0.6 is 0 Å². The highest BCUT2D eigenvalue weighted by Gasteiger charge is 2.29. The van der Waals surface area contributed by atoms with Gasteiger partial charge >= 0.3 is 5.97 Å². The van der Waals surface area contributed by atoms with E-state index in [4.69, 9.17) is 4.74 Å². The van der Waals surface area contributed by atoms with E-state index in [9.17, 15) is 4.79 Å². The summed E-state index contributed by atoms with van der Waals surface area (Å²) >= 11 is 0. The Morgan fingerprint density at radius 1 is 1.33 bits per heavy atom. The van der Waals surface area contributed by atoms with Gasteiger partial charge in [0.05, 0.1) is 6.54 Å². The van der Waals surface area contributed by atoms with Crippen LogP contribution in [0.5, 0.6) is 0 Å². The van der Waals surface area contributed by atoms with Crippen molar-refractivity contribution >= 4 is 5.97 Å². The van der Waals surface area contributed by atoms with Crippen LogP contribution in [0, 0.1) is 0 Å². The van der Waals surface area contributed by atoms with Crippen LogP contribution in [0.2, 0.25) is 0 Å². The first-order valence-electron chi connectivity index (χ1n) is 5.78. The molecule has 0 radical (unpaired) electrons. The van der Waals surface area contributed by atoms with Crippen LogP contribution in [0.25, 0.3) is 0 Å². The summed E-state index contributed by atoms with van der Waals surface area (Å²) in [5.74, 6) is -0.157. The normalized spacial score (nSPS) is 20.3. The molecule has 0 bridgehead atoms. The van der Waals surface area contributed by atoms with Gasteiger partial charge in [0.15, 0.2) is 0 Å². The maximum Gasteiger partial charge on any atom is 0.320 e. The lowest BCUT2D eigenvalue weighted by Gasteiger charge is -2.26. The third kappa shape index (κ3) is 4.65. The van der Waals surface area contributed by atoms with Crippen LogP contribution in [0.1, 0.15) is 53.4 Å². The number of hydrogen-bond acceptors (Lipinski definition) is 3. The Balaban J connectivity index is 2.28. The van der Waals surface area contributed by atoms with Crippen LogP contribution in [-0.4, -0.2) is 23.7 Å². The zero-order valence-corrected chi connectivity index (χ0v) is 10.4. The number of carbonyl (C=O) groups is 1. The smallest absolute Gasteiger partial charge is 0.320 e. The summed E-state index contributed by atoms with van der Waals surface area (Å²) in [5, 5.41) is 3.31. The highest BCUT2D eigenvalue weighted by molar-refractivity contribution is 5.72. The molecule has 0 heterocycles. The van der Waals surface area contributed by atoms with E-state index in [0.29, 0.717) is 6.54 Å². The Labute approximate surface area is 92.6 Å². The Kier molecular flexibility index (Phi) is 3.77. The molecule has 0 unspecified atom stereocenters. The summed E-state index contributed by atoms with van der Waals surface area (Å²) in [6.07, 6.45) is 4.85. The van der Waals surface area contributed by atoms with Gasteiger partial charge in [0.1, 0.15) is 5.60 Å². The molecule has 0 aromatic rings. The molecule has 3 heteroatoms. The molecule has 0 spiro atoms. The molecule has 88 valence electrons. The van der Waals surface area contributed by atoms with Crippen molar-refractivity contribution in [2.75, 3.05) is 6.54 Å². The van der Waals surface area contributed by atoms with Crippen molar-refractivity contribution in [2.45, 2.75) is 64.5 Å². The van der Waals surface area contributed by atoms with Gasteiger partial charge in [-0.05, 0) is 40.5 Å². The van der Waals surface area contributed by atoms with Crippen LogP contribution < -0.4 is 5.32 Å². The van der Waals surface area contributed by atoms with E-state index in [-0.39, 0.29) is 17.1 Å². The fraction of sp³-hybridized carbons (Fsp3) is 0.917. The minimum Gasteiger partial charge on any atom is -0.459 e. The van der Waals surface area contributed by atoms with E-state index in [1.807, 2.05) is 20.8 Å². The molecule has 1 rings (SSSR count). The number of carbonyl (C=O) groups excluding carboxylic acids is 1. The van der Waals surface area contributed by atoms with Crippen molar-refractivity contribution in [3.05, 3.63) is 0 Å². The first-order chi connectivity index (χ1) is 6.81. The predicted octanol–water partition coefficient (Wildman–Crippen LogP) is 2.25. The number of esters is 1. The molecule has 0 aromatic heterocycles. The van der Waals surface area contributed by atoms with Crippen LogP contribution in [-0.2, 0) is 9.53 Å². The van der Waals surface area contributed by atoms with Gasteiger partial charge in [-0.25, -0.2) is 0 Å². The Bertz CT molecular complexity index is 224. The monoisotopic (exact) mass is 213 g/mol. The van der Waals surface area contributed by atoms with Gasteiger partial charge in [-0.1, -0.05) is 12.8 Å². The molecular weight excluding hydrogens is 190 g/mol. The minimum atomic E-state index is -0.380. The van der Waals surface area contributed by atoms with Crippen molar-refractivity contribution in [3.8, 4) is 0 Å². The Morgan fingerprint density at radius 3 is 2.33 bits per heavy atom. The fourth-order valence-corrected chi connectivity index (χ4v) is 2.00. The second-order valence-corrected chi connectivity index (χ2v) is 5.71. The molecule has 3 nitrogen and oxygen atoms in total. The molecule has 1 fully saturated rings. The number of rotatable bonds is 3. The van der Waals surface area contributed by atoms with Gasteiger partial charge in [0.2, 0.25) is 0 Å². The van der Waals surface area contributed by atoms with Crippen LogP contribution in [0.3, 0.4) is 0 Å². The number of hydrogen-bond donors (Lipinski definition) is 1. The molecule has 1 aliphatic carbocycles. The van der Waals surface area contributed by atoms with E-state index < -0.39 is 0 Å². The van der Waals surface area contributed by atoms with Crippen molar-refractivity contribution < 1.29 is 9.53 Å². The van der Waals surface area contributed by atoms with Gasteiger partial charge < -0.3 is 10.1 Å². The molecule has 0 saturated heterocycles. The van der Waals surface area contributed by atoms with E-state index >= 15 is 0 Å². The van der Waals surface area contributed by atoms with Crippen LogP contribution in [0.15, 0.2) is 0 Å². The lowest BCUT2D eigenvalue weighted by atomic mass is 10.0. The quantitative estimate of drug-likeness (QED) is 0.731. The van der Waals surface area contributed by atoms with Gasteiger partial charge in [-0.3, -0.25) is 4.79 Å². The van der Waals surface area contributed by atoms with Gasteiger partial charge in [-0.2, -0.15) is 0 Å². The standard InChI is InChI=1S/C12H23NO2/c1-11(2,3)15-10(14)9-13-12(4)7-5-6-8-12/h13H,5-9H2,1-4H3. The average molecular weight is 213 g/mol. The van der Waals surface area contributed by atoms with Gasteiger partial charge in [0.25, 0.3) is 0 Å². The Hall–Kier alpha value is -0.570. The highest BCUT2D eigenvalue weighted by Crippen LogP contribution is 2.28. The second-order valence-electron chi connectivity index (χ2n) is 5.71. The molecule has 0 amide bonds. The molecule has 0 aliphatic heterocycles. The summed E-state index contributed by atoms with van der Waals surface area (Å²) in [5.41, 5.74) is -0.230. The highest BCUT2D eigenvalue weighted by atomic mass is 16.6. The summed E-state index contributed by atoms with van der Waals surface area (Å²) in [7, 11) is 0. The SMILES string of the molecule is CC1(NCC(=O)OC(C)(C)C)CCCC1. The summed E-state index contributed by atoms with van der Waals surface area (Å²) in [4.78, 5) is 11.5. The van der Waals surface area contributed by atoms with Gasteiger partial charge in [-0.15, -0.1) is 0 Å². The van der Waals surface area contributed by atoms with E-state index in [1.165, 1.54) is 12.8 Å². The number of nitrogens with one attached hydrogen (secondary N) is 1. The molecule has 15 heavy (non-hydrogen) atoms. The van der Waals surface area contributed by atoms with Crippen molar-refractivity contribution in [1.29, 1.82) is 0 Å². The lowest BCUT2D eigenvalue weighted by Crippen LogP contribution is -2.44. The topological polar surface area (TPSA) is 38.3 Å². The van der Waals surface area contributed by atoms with Crippen molar-refractivity contribution in [1.82, 2.24) is 5.32 Å². The largest absolute Gasteiger partial charge is 0.459 e. The van der Waals surface area contributed by atoms with Crippen LogP contribution in [0.4, 0.5) is 0 Å². The zero-order chi connectivity index (χ0) is 11.5. The maximum absolute atomic E-state index is 11.5.